The zero-order valence-electron chi connectivity index (χ0n) is 18.9. The standard InChI is InChI=1S/C26H27N5O3/c1-31-11-10-18-8-9-23(14-21(18)16-31)29-25(33)20-6-2-4-17(12-20)15-28-26(34)30-22-7-3-5-19(13-22)24(27)32/h2-9,12-14H,10-11,15-16H2,1H3,(H2,27,32)(H,29,33)(H2,28,30,34). The van der Waals surface area contributed by atoms with Crippen molar-refractivity contribution in [3.05, 3.63) is 94.5 Å². The average molecular weight is 458 g/mol. The summed E-state index contributed by atoms with van der Waals surface area (Å²) in [5.41, 5.74) is 10.6. The van der Waals surface area contributed by atoms with Crippen molar-refractivity contribution in [2.24, 2.45) is 5.73 Å². The highest BCUT2D eigenvalue weighted by atomic mass is 16.2. The minimum Gasteiger partial charge on any atom is -0.366 e. The fourth-order valence-electron chi connectivity index (χ4n) is 3.91. The van der Waals surface area contributed by atoms with Gasteiger partial charge in [-0.2, -0.15) is 0 Å². The smallest absolute Gasteiger partial charge is 0.319 e. The van der Waals surface area contributed by atoms with Crippen LogP contribution in [-0.2, 0) is 19.5 Å². The molecule has 3 aromatic carbocycles. The molecule has 3 aromatic rings. The van der Waals surface area contributed by atoms with Gasteiger partial charge in [0.15, 0.2) is 0 Å². The van der Waals surface area contributed by atoms with Gasteiger partial charge >= 0.3 is 6.03 Å². The van der Waals surface area contributed by atoms with E-state index in [1.54, 1.807) is 36.4 Å². The second kappa shape index (κ2) is 10.2. The van der Waals surface area contributed by atoms with Crippen molar-refractivity contribution in [1.29, 1.82) is 0 Å². The van der Waals surface area contributed by atoms with Gasteiger partial charge in [-0.15, -0.1) is 0 Å². The van der Waals surface area contributed by atoms with E-state index in [0.717, 1.165) is 30.8 Å². The van der Waals surface area contributed by atoms with Gasteiger partial charge in [-0.1, -0.05) is 24.3 Å². The van der Waals surface area contributed by atoms with Crippen molar-refractivity contribution < 1.29 is 14.4 Å². The summed E-state index contributed by atoms with van der Waals surface area (Å²) in [4.78, 5) is 38.6. The number of nitrogens with zero attached hydrogens (tertiary/aromatic N) is 1. The monoisotopic (exact) mass is 457 g/mol. The van der Waals surface area contributed by atoms with Crippen LogP contribution in [0.3, 0.4) is 0 Å². The highest BCUT2D eigenvalue weighted by Gasteiger charge is 2.15. The number of urea groups is 1. The van der Waals surface area contributed by atoms with Gasteiger partial charge < -0.3 is 26.6 Å². The molecule has 0 aromatic heterocycles. The minimum atomic E-state index is -0.568. The molecule has 4 rings (SSSR count). The Morgan fingerprint density at radius 2 is 1.65 bits per heavy atom. The summed E-state index contributed by atoms with van der Waals surface area (Å²) in [6.45, 7) is 2.14. The van der Waals surface area contributed by atoms with Crippen molar-refractivity contribution in [1.82, 2.24) is 10.2 Å². The second-order valence-electron chi connectivity index (χ2n) is 8.38. The molecule has 0 radical (unpaired) electrons. The summed E-state index contributed by atoms with van der Waals surface area (Å²) in [5, 5.41) is 8.38. The van der Waals surface area contributed by atoms with E-state index in [0.29, 0.717) is 16.8 Å². The highest BCUT2D eigenvalue weighted by Crippen LogP contribution is 2.22. The Balaban J connectivity index is 1.35. The molecule has 0 saturated heterocycles. The number of anilines is 2. The number of carbonyl (C=O) groups excluding carboxylic acids is 3. The average Bonchev–Trinajstić information content (AvgIpc) is 2.83. The quantitative estimate of drug-likeness (QED) is 0.454. The Morgan fingerprint density at radius 1 is 0.882 bits per heavy atom. The molecule has 1 aliphatic heterocycles. The van der Waals surface area contributed by atoms with Crippen LogP contribution < -0.4 is 21.7 Å². The molecule has 0 bridgehead atoms. The van der Waals surface area contributed by atoms with E-state index >= 15 is 0 Å². The van der Waals surface area contributed by atoms with Gasteiger partial charge in [-0.25, -0.2) is 4.79 Å². The van der Waals surface area contributed by atoms with Crippen molar-refractivity contribution in [3.8, 4) is 0 Å². The van der Waals surface area contributed by atoms with E-state index < -0.39 is 11.9 Å². The van der Waals surface area contributed by atoms with Crippen LogP contribution in [0.2, 0.25) is 0 Å². The lowest BCUT2D eigenvalue weighted by Crippen LogP contribution is -2.28. The molecule has 1 aliphatic rings. The second-order valence-corrected chi connectivity index (χ2v) is 8.38. The molecule has 5 N–H and O–H groups in total. The zero-order valence-corrected chi connectivity index (χ0v) is 18.9. The third kappa shape index (κ3) is 5.79. The van der Waals surface area contributed by atoms with Crippen LogP contribution in [0.1, 0.15) is 37.4 Å². The van der Waals surface area contributed by atoms with Gasteiger partial charge in [-0.05, 0) is 72.6 Å². The SMILES string of the molecule is CN1CCc2ccc(NC(=O)c3cccc(CNC(=O)Nc4cccc(C(N)=O)c4)c3)cc2C1. The Labute approximate surface area is 198 Å². The van der Waals surface area contributed by atoms with Crippen LogP contribution in [0.15, 0.2) is 66.7 Å². The topological polar surface area (TPSA) is 117 Å². The number of amides is 4. The molecule has 0 unspecified atom stereocenters. The first kappa shape index (κ1) is 23.0. The summed E-state index contributed by atoms with van der Waals surface area (Å²) < 4.78 is 0. The lowest BCUT2D eigenvalue weighted by Gasteiger charge is -2.25. The van der Waals surface area contributed by atoms with E-state index in [2.05, 4.69) is 34.0 Å². The number of hydrogen-bond acceptors (Lipinski definition) is 4. The largest absolute Gasteiger partial charge is 0.366 e. The number of likely N-dealkylation sites (N-methyl/N-ethyl adjacent to an activating group) is 1. The number of fused-ring (bicyclic) bond motifs is 1. The molecule has 0 atom stereocenters. The van der Waals surface area contributed by atoms with Crippen molar-refractivity contribution in [2.75, 3.05) is 24.2 Å². The van der Waals surface area contributed by atoms with Crippen LogP contribution in [-0.4, -0.2) is 36.3 Å². The van der Waals surface area contributed by atoms with Crippen LogP contribution >= 0.6 is 0 Å². The van der Waals surface area contributed by atoms with Gasteiger partial charge in [0.2, 0.25) is 5.91 Å². The van der Waals surface area contributed by atoms with Gasteiger partial charge in [0.05, 0.1) is 0 Å². The molecule has 8 nitrogen and oxygen atoms in total. The Hall–Kier alpha value is -4.17. The lowest BCUT2D eigenvalue weighted by atomic mass is 9.99. The zero-order chi connectivity index (χ0) is 24.1. The molecular weight excluding hydrogens is 430 g/mol. The number of primary amides is 1. The Morgan fingerprint density at radius 3 is 2.47 bits per heavy atom. The highest BCUT2D eigenvalue weighted by molar-refractivity contribution is 6.04. The molecule has 4 amide bonds. The van der Waals surface area contributed by atoms with Crippen molar-refractivity contribution in [3.63, 3.8) is 0 Å². The van der Waals surface area contributed by atoms with E-state index in [9.17, 15) is 14.4 Å². The van der Waals surface area contributed by atoms with Crippen LogP contribution in [0.4, 0.5) is 16.2 Å². The summed E-state index contributed by atoms with van der Waals surface area (Å²) in [6.07, 6.45) is 1.01. The molecule has 0 aliphatic carbocycles. The lowest BCUT2D eigenvalue weighted by molar-refractivity contribution is 0.0997. The predicted molar refractivity (Wildman–Crippen MR) is 132 cm³/mol. The number of hydrogen-bond donors (Lipinski definition) is 4. The van der Waals surface area contributed by atoms with Crippen molar-refractivity contribution >= 4 is 29.2 Å². The predicted octanol–water partition coefficient (Wildman–Crippen LogP) is 3.35. The van der Waals surface area contributed by atoms with Crippen LogP contribution in [0.5, 0.6) is 0 Å². The van der Waals surface area contributed by atoms with E-state index in [4.69, 9.17) is 5.73 Å². The maximum absolute atomic E-state index is 12.8. The van der Waals surface area contributed by atoms with Crippen molar-refractivity contribution in [2.45, 2.75) is 19.5 Å². The first-order chi connectivity index (χ1) is 16.4. The third-order valence-corrected chi connectivity index (χ3v) is 5.71. The molecular formula is C26H27N5O3. The normalized spacial score (nSPS) is 13.0. The molecule has 0 spiro atoms. The number of benzene rings is 3. The Kier molecular flexibility index (Phi) is 6.89. The summed E-state index contributed by atoms with van der Waals surface area (Å²) in [5.74, 6) is -0.777. The van der Waals surface area contributed by atoms with Gasteiger partial charge in [0.1, 0.15) is 0 Å². The summed E-state index contributed by atoms with van der Waals surface area (Å²) in [6, 6.07) is 19.1. The van der Waals surface area contributed by atoms with Crippen LogP contribution in [0, 0.1) is 0 Å². The molecule has 8 heteroatoms. The first-order valence-corrected chi connectivity index (χ1v) is 11.0. The number of rotatable bonds is 6. The summed E-state index contributed by atoms with van der Waals surface area (Å²) >= 11 is 0. The van der Waals surface area contributed by atoms with E-state index in [1.807, 2.05) is 18.2 Å². The van der Waals surface area contributed by atoms with E-state index in [1.165, 1.54) is 17.2 Å². The first-order valence-electron chi connectivity index (χ1n) is 11.0. The van der Waals surface area contributed by atoms with Gasteiger partial charge in [0.25, 0.3) is 5.91 Å². The molecule has 0 saturated carbocycles. The number of nitrogens with one attached hydrogen (secondary N) is 3. The number of carbonyl (C=O) groups is 3. The van der Waals surface area contributed by atoms with Crippen LogP contribution in [0.25, 0.3) is 0 Å². The summed E-state index contributed by atoms with van der Waals surface area (Å²) in [7, 11) is 2.09. The van der Waals surface area contributed by atoms with Gasteiger partial charge in [-0.3, -0.25) is 9.59 Å². The van der Waals surface area contributed by atoms with Gasteiger partial charge in [0, 0.05) is 42.1 Å². The molecule has 0 fully saturated rings. The Bertz CT molecular complexity index is 1240. The maximum Gasteiger partial charge on any atom is 0.319 e. The number of nitrogens with two attached hydrogens (primary N) is 1. The minimum absolute atomic E-state index is 0.210. The van der Waals surface area contributed by atoms with E-state index in [-0.39, 0.29) is 12.5 Å². The third-order valence-electron chi connectivity index (χ3n) is 5.71. The fourth-order valence-corrected chi connectivity index (χ4v) is 3.91. The molecule has 174 valence electrons. The molecule has 1 heterocycles. The molecule has 34 heavy (non-hydrogen) atoms. The maximum atomic E-state index is 12.8. The fraction of sp³-hybridized carbons (Fsp3) is 0.192.